The minimum Gasteiger partial charge on any atom is -0.486 e. The monoisotopic (exact) mass is 492 g/mol. The minimum atomic E-state index is -3.13. The van der Waals surface area contributed by atoms with Gasteiger partial charge in [-0.2, -0.15) is 0 Å². The Morgan fingerprint density at radius 2 is 2.00 bits per heavy atom. The van der Waals surface area contributed by atoms with Gasteiger partial charge in [-0.1, -0.05) is 11.8 Å². The number of benzene rings is 1. The second-order valence-corrected chi connectivity index (χ2v) is 10.9. The van der Waals surface area contributed by atoms with Crippen molar-refractivity contribution in [3.8, 4) is 11.5 Å². The molecule has 1 atom stereocenters. The second-order valence-electron chi connectivity index (χ2n) is 7.58. The molecule has 0 N–H and O–H groups in total. The summed E-state index contributed by atoms with van der Waals surface area (Å²) in [6, 6.07) is 8.29. The van der Waals surface area contributed by atoms with Crippen molar-refractivity contribution in [3.05, 3.63) is 42.1 Å². The highest BCUT2D eigenvalue weighted by atomic mass is 32.2. The van der Waals surface area contributed by atoms with E-state index in [1.807, 2.05) is 12.1 Å². The van der Waals surface area contributed by atoms with E-state index in [2.05, 4.69) is 4.98 Å². The lowest BCUT2D eigenvalue weighted by atomic mass is 10.2. The zero-order chi connectivity index (χ0) is 23.4. The van der Waals surface area contributed by atoms with E-state index in [9.17, 15) is 18.0 Å². The zero-order valence-electron chi connectivity index (χ0n) is 18.1. The largest absolute Gasteiger partial charge is 0.486 e. The van der Waals surface area contributed by atoms with Gasteiger partial charge in [-0.05, 0) is 43.7 Å². The Morgan fingerprint density at radius 1 is 1.21 bits per heavy atom. The molecule has 0 saturated carbocycles. The number of fused-ring (bicyclic) bond motifs is 1. The SMILES string of the molecule is CCN(C(=O)COC(=O)c1cccnc1Sc1ccc2c(c1)OCCO2)C1CCS(=O)(=O)C1. The summed E-state index contributed by atoms with van der Waals surface area (Å²) in [5.74, 6) is 0.215. The van der Waals surface area contributed by atoms with Gasteiger partial charge in [0.1, 0.15) is 18.2 Å². The highest BCUT2D eigenvalue weighted by Gasteiger charge is 2.34. The fourth-order valence-electron chi connectivity index (χ4n) is 3.77. The Hall–Kier alpha value is -2.79. The maximum absolute atomic E-state index is 12.7. The van der Waals surface area contributed by atoms with Gasteiger partial charge in [0.05, 0.1) is 17.1 Å². The number of hydrogen-bond donors (Lipinski definition) is 0. The molecule has 1 fully saturated rings. The number of aromatic nitrogens is 1. The maximum atomic E-state index is 12.7. The van der Waals surface area contributed by atoms with Gasteiger partial charge in [0.25, 0.3) is 5.91 Å². The molecule has 1 aromatic heterocycles. The summed E-state index contributed by atoms with van der Waals surface area (Å²) >= 11 is 1.27. The highest BCUT2D eigenvalue weighted by molar-refractivity contribution is 7.99. The van der Waals surface area contributed by atoms with Gasteiger partial charge in [0.15, 0.2) is 27.9 Å². The Morgan fingerprint density at radius 3 is 2.73 bits per heavy atom. The van der Waals surface area contributed by atoms with Crippen molar-refractivity contribution in [2.24, 2.45) is 0 Å². The normalized spacial score (nSPS) is 18.5. The molecule has 33 heavy (non-hydrogen) atoms. The van der Waals surface area contributed by atoms with Crippen LogP contribution in [0, 0.1) is 0 Å². The summed E-state index contributed by atoms with van der Waals surface area (Å²) in [5, 5.41) is 0.431. The third-order valence-corrected chi connectivity index (χ3v) is 8.11. The molecular weight excluding hydrogens is 468 g/mol. The Labute approximate surface area is 196 Å². The Bertz CT molecular complexity index is 1150. The Kier molecular flexibility index (Phi) is 7.08. The van der Waals surface area contributed by atoms with Gasteiger partial charge in [-0.15, -0.1) is 0 Å². The molecule has 1 unspecified atom stereocenters. The second kappa shape index (κ2) is 10.0. The average Bonchev–Trinajstić information content (AvgIpc) is 3.17. The lowest BCUT2D eigenvalue weighted by Gasteiger charge is -2.26. The van der Waals surface area contributed by atoms with E-state index >= 15 is 0 Å². The van der Waals surface area contributed by atoms with Gasteiger partial charge in [-0.25, -0.2) is 18.2 Å². The third-order valence-electron chi connectivity index (χ3n) is 5.36. The molecule has 2 aromatic rings. The first-order valence-corrected chi connectivity index (χ1v) is 13.2. The van der Waals surface area contributed by atoms with Crippen LogP contribution in [0.1, 0.15) is 23.7 Å². The van der Waals surface area contributed by atoms with E-state index in [1.54, 1.807) is 31.3 Å². The number of likely N-dealkylation sites (N-methyl/N-ethyl adjacent to an activating group) is 1. The molecule has 0 aliphatic carbocycles. The first-order chi connectivity index (χ1) is 15.9. The fraction of sp³-hybridized carbons (Fsp3) is 0.409. The standard InChI is InChI=1S/C22H24N2O7S2/c1-2-24(15-7-11-33(27,28)14-15)20(25)13-31-22(26)17-4-3-8-23-21(17)32-16-5-6-18-19(12-16)30-10-9-29-18/h3-6,8,12,15H,2,7,9-11,13-14H2,1H3. The predicted molar refractivity (Wildman–Crippen MR) is 121 cm³/mol. The van der Waals surface area contributed by atoms with Crippen LogP contribution in [-0.4, -0.2) is 74.1 Å². The van der Waals surface area contributed by atoms with Crippen LogP contribution in [0.5, 0.6) is 11.5 Å². The van der Waals surface area contributed by atoms with Crippen LogP contribution in [0.3, 0.4) is 0 Å². The first-order valence-electron chi connectivity index (χ1n) is 10.6. The topological polar surface area (TPSA) is 112 Å². The van der Waals surface area contributed by atoms with Crippen molar-refractivity contribution in [2.45, 2.75) is 29.3 Å². The molecule has 0 radical (unpaired) electrons. The van der Waals surface area contributed by atoms with Crippen molar-refractivity contribution in [3.63, 3.8) is 0 Å². The van der Waals surface area contributed by atoms with E-state index in [1.165, 1.54) is 16.7 Å². The lowest BCUT2D eigenvalue weighted by Crippen LogP contribution is -2.43. The number of nitrogens with zero attached hydrogens (tertiary/aromatic N) is 2. The summed E-state index contributed by atoms with van der Waals surface area (Å²) in [6.07, 6.45) is 1.97. The van der Waals surface area contributed by atoms with Crippen molar-refractivity contribution in [2.75, 3.05) is 37.9 Å². The maximum Gasteiger partial charge on any atom is 0.341 e. The average molecular weight is 493 g/mol. The number of carbonyl (C=O) groups excluding carboxylic acids is 2. The summed E-state index contributed by atoms with van der Waals surface area (Å²) in [5.41, 5.74) is 0.233. The van der Waals surface area contributed by atoms with Crippen molar-refractivity contribution in [1.29, 1.82) is 0 Å². The van der Waals surface area contributed by atoms with Gasteiger partial charge >= 0.3 is 5.97 Å². The first kappa shape index (κ1) is 23.4. The van der Waals surface area contributed by atoms with Crippen LogP contribution < -0.4 is 9.47 Å². The van der Waals surface area contributed by atoms with Gasteiger partial charge in [0, 0.05) is 23.7 Å². The molecule has 0 bridgehead atoms. The molecule has 176 valence electrons. The van der Waals surface area contributed by atoms with E-state index in [0.29, 0.717) is 42.7 Å². The van der Waals surface area contributed by atoms with Crippen LogP contribution >= 0.6 is 11.8 Å². The lowest BCUT2D eigenvalue weighted by molar-refractivity contribution is -0.136. The minimum absolute atomic E-state index is 0.0561. The molecule has 11 heteroatoms. The number of sulfone groups is 1. The number of rotatable bonds is 7. The van der Waals surface area contributed by atoms with Crippen molar-refractivity contribution in [1.82, 2.24) is 9.88 Å². The summed E-state index contributed by atoms with van der Waals surface area (Å²) in [7, 11) is -3.13. The Balaban J connectivity index is 1.41. The van der Waals surface area contributed by atoms with Gasteiger partial charge < -0.3 is 19.1 Å². The molecule has 2 aliphatic heterocycles. The molecule has 0 spiro atoms. The molecule has 2 aliphatic rings. The van der Waals surface area contributed by atoms with Gasteiger partial charge in [0.2, 0.25) is 0 Å². The van der Waals surface area contributed by atoms with Crippen LogP contribution in [0.2, 0.25) is 0 Å². The van der Waals surface area contributed by atoms with E-state index in [-0.39, 0.29) is 23.1 Å². The molecule has 9 nitrogen and oxygen atoms in total. The molecule has 1 saturated heterocycles. The highest BCUT2D eigenvalue weighted by Crippen LogP contribution is 2.37. The number of carbonyl (C=O) groups is 2. The summed E-state index contributed by atoms with van der Waals surface area (Å²) in [6.45, 7) is 2.62. The summed E-state index contributed by atoms with van der Waals surface area (Å²) < 4.78 is 39.9. The van der Waals surface area contributed by atoms with E-state index in [4.69, 9.17) is 14.2 Å². The third kappa shape index (κ3) is 5.59. The summed E-state index contributed by atoms with van der Waals surface area (Å²) in [4.78, 5) is 31.9. The molecular formula is C22H24N2O7S2. The van der Waals surface area contributed by atoms with Crippen molar-refractivity contribution >= 4 is 33.5 Å². The number of pyridine rings is 1. The van der Waals surface area contributed by atoms with Gasteiger partial charge in [-0.3, -0.25) is 4.79 Å². The number of amides is 1. The number of ether oxygens (including phenoxy) is 3. The molecule has 3 heterocycles. The van der Waals surface area contributed by atoms with Crippen LogP contribution in [-0.2, 0) is 19.4 Å². The fourth-order valence-corrected chi connectivity index (χ4v) is 6.40. The van der Waals surface area contributed by atoms with E-state index < -0.39 is 28.3 Å². The van der Waals surface area contributed by atoms with Crippen LogP contribution in [0.25, 0.3) is 0 Å². The van der Waals surface area contributed by atoms with E-state index in [0.717, 1.165) is 4.90 Å². The molecule has 1 aromatic carbocycles. The number of hydrogen-bond acceptors (Lipinski definition) is 9. The predicted octanol–water partition coefficient (Wildman–Crippen LogP) is 2.20. The quantitative estimate of drug-likeness (QED) is 0.537. The molecule has 1 amide bonds. The zero-order valence-corrected chi connectivity index (χ0v) is 19.7. The molecule has 4 rings (SSSR count). The van der Waals surface area contributed by atoms with Crippen LogP contribution in [0.4, 0.5) is 0 Å². The number of esters is 1. The van der Waals surface area contributed by atoms with Crippen molar-refractivity contribution < 1.29 is 32.2 Å². The van der Waals surface area contributed by atoms with Crippen LogP contribution in [0.15, 0.2) is 46.5 Å². The smallest absolute Gasteiger partial charge is 0.341 e.